The van der Waals surface area contributed by atoms with E-state index in [1.54, 1.807) is 17.8 Å². The zero-order chi connectivity index (χ0) is 12.5. The highest BCUT2D eigenvalue weighted by molar-refractivity contribution is 8.00. The van der Waals surface area contributed by atoms with Gasteiger partial charge in [-0.2, -0.15) is 11.8 Å². The first-order chi connectivity index (χ1) is 8.06. The number of phenols is 1. The summed E-state index contributed by atoms with van der Waals surface area (Å²) in [5.41, 5.74) is 6.20. The van der Waals surface area contributed by atoms with Crippen molar-refractivity contribution in [3.63, 3.8) is 0 Å². The maximum atomic E-state index is 11.8. The molecule has 17 heavy (non-hydrogen) atoms. The van der Waals surface area contributed by atoms with Gasteiger partial charge in [0.2, 0.25) is 0 Å². The molecule has 1 fully saturated rings. The number of hydrogen-bond acceptors (Lipinski definition) is 4. The number of amides is 1. The lowest BCUT2D eigenvalue weighted by molar-refractivity contribution is 0.0952. The maximum Gasteiger partial charge on any atom is 0.251 e. The smallest absolute Gasteiger partial charge is 0.251 e. The monoisotopic (exact) mass is 252 g/mol. The van der Waals surface area contributed by atoms with Crippen LogP contribution in [0.1, 0.15) is 23.2 Å². The molecule has 1 aromatic rings. The van der Waals surface area contributed by atoms with E-state index in [4.69, 9.17) is 5.73 Å². The van der Waals surface area contributed by atoms with E-state index in [-0.39, 0.29) is 22.1 Å². The minimum atomic E-state index is -0.166. The highest BCUT2D eigenvalue weighted by Crippen LogP contribution is 2.46. The molecule has 2 rings (SSSR count). The molecule has 4 N–H and O–H groups in total. The van der Waals surface area contributed by atoms with Gasteiger partial charge in [0.05, 0.1) is 5.69 Å². The number of anilines is 1. The number of rotatable bonds is 4. The molecule has 0 spiro atoms. The lowest BCUT2D eigenvalue weighted by Gasteiger charge is -2.13. The first kappa shape index (κ1) is 12.1. The third kappa shape index (κ3) is 2.66. The molecule has 0 saturated heterocycles. The second-order valence-corrected chi connectivity index (χ2v) is 5.62. The zero-order valence-electron chi connectivity index (χ0n) is 9.69. The molecule has 0 unspecified atom stereocenters. The second-order valence-electron chi connectivity index (χ2n) is 4.34. The Balaban J connectivity index is 1.97. The van der Waals surface area contributed by atoms with Gasteiger partial charge in [0.1, 0.15) is 5.75 Å². The number of thioether (sulfide) groups is 1. The van der Waals surface area contributed by atoms with E-state index in [1.807, 2.05) is 0 Å². The molecule has 1 aromatic carbocycles. The molecule has 5 heteroatoms. The Kier molecular flexibility index (Phi) is 3.19. The van der Waals surface area contributed by atoms with Gasteiger partial charge in [-0.25, -0.2) is 0 Å². The van der Waals surface area contributed by atoms with Crippen molar-refractivity contribution in [2.24, 2.45) is 0 Å². The van der Waals surface area contributed by atoms with Gasteiger partial charge in [-0.05, 0) is 37.3 Å². The molecule has 0 aliphatic heterocycles. The van der Waals surface area contributed by atoms with Crippen molar-refractivity contribution in [1.82, 2.24) is 5.32 Å². The van der Waals surface area contributed by atoms with Crippen molar-refractivity contribution in [2.75, 3.05) is 18.5 Å². The Bertz CT molecular complexity index is 444. The van der Waals surface area contributed by atoms with Crippen molar-refractivity contribution in [3.8, 4) is 5.75 Å². The molecular formula is C12H16N2O2S. The predicted molar refractivity (Wildman–Crippen MR) is 70.3 cm³/mol. The number of nitrogen functional groups attached to an aromatic ring is 1. The maximum absolute atomic E-state index is 11.8. The first-order valence-corrected chi connectivity index (χ1v) is 6.71. The summed E-state index contributed by atoms with van der Waals surface area (Å²) in [6.45, 7) is 0.679. The summed E-state index contributed by atoms with van der Waals surface area (Å²) in [7, 11) is 0. The van der Waals surface area contributed by atoms with E-state index < -0.39 is 0 Å². The van der Waals surface area contributed by atoms with E-state index in [0.29, 0.717) is 12.1 Å². The summed E-state index contributed by atoms with van der Waals surface area (Å²) in [4.78, 5) is 11.8. The Hall–Kier alpha value is -1.36. The van der Waals surface area contributed by atoms with Gasteiger partial charge >= 0.3 is 0 Å². The molecule has 1 saturated carbocycles. The van der Waals surface area contributed by atoms with Gasteiger partial charge in [-0.15, -0.1) is 0 Å². The Morgan fingerprint density at radius 2 is 2.29 bits per heavy atom. The fourth-order valence-electron chi connectivity index (χ4n) is 1.62. The summed E-state index contributed by atoms with van der Waals surface area (Å²) in [5, 5.41) is 12.3. The van der Waals surface area contributed by atoms with E-state index >= 15 is 0 Å². The lowest BCUT2D eigenvalue weighted by atomic mass is 10.2. The Morgan fingerprint density at radius 1 is 1.59 bits per heavy atom. The molecule has 1 aliphatic carbocycles. The van der Waals surface area contributed by atoms with Crippen molar-refractivity contribution < 1.29 is 9.90 Å². The summed E-state index contributed by atoms with van der Waals surface area (Å²) < 4.78 is 0.242. The molecule has 1 amide bonds. The molecule has 0 heterocycles. The number of aromatic hydroxyl groups is 1. The van der Waals surface area contributed by atoms with Gasteiger partial charge in [0.25, 0.3) is 5.91 Å². The first-order valence-electron chi connectivity index (χ1n) is 5.48. The number of hydrogen-bond donors (Lipinski definition) is 3. The van der Waals surface area contributed by atoms with Crippen LogP contribution >= 0.6 is 11.8 Å². The number of carbonyl (C=O) groups is 1. The number of benzene rings is 1. The van der Waals surface area contributed by atoms with Crippen molar-refractivity contribution >= 4 is 23.4 Å². The number of phenolic OH excluding ortho intramolecular Hbond substituents is 1. The average Bonchev–Trinajstić information content (AvgIpc) is 3.10. The van der Waals surface area contributed by atoms with Crippen LogP contribution in [0.3, 0.4) is 0 Å². The minimum absolute atomic E-state index is 0.0522. The third-order valence-electron chi connectivity index (χ3n) is 3.10. The highest BCUT2D eigenvalue weighted by Gasteiger charge is 2.41. The van der Waals surface area contributed by atoms with Crippen LogP contribution in [0.5, 0.6) is 5.75 Å². The van der Waals surface area contributed by atoms with Gasteiger partial charge in [0.15, 0.2) is 0 Å². The lowest BCUT2D eigenvalue weighted by Crippen LogP contribution is -2.31. The third-order valence-corrected chi connectivity index (χ3v) is 4.52. The molecule has 0 bridgehead atoms. The topological polar surface area (TPSA) is 75.4 Å². The molecule has 0 radical (unpaired) electrons. The zero-order valence-corrected chi connectivity index (χ0v) is 10.5. The number of carbonyl (C=O) groups excluding carboxylic acids is 1. The predicted octanol–water partition coefficient (Wildman–Crippen LogP) is 1.60. The highest BCUT2D eigenvalue weighted by atomic mass is 32.2. The van der Waals surface area contributed by atoms with Crippen LogP contribution in [-0.4, -0.2) is 28.6 Å². The van der Waals surface area contributed by atoms with Crippen LogP contribution < -0.4 is 11.1 Å². The minimum Gasteiger partial charge on any atom is -0.506 e. The van der Waals surface area contributed by atoms with Crippen molar-refractivity contribution in [3.05, 3.63) is 23.8 Å². The Morgan fingerprint density at radius 3 is 2.82 bits per heavy atom. The van der Waals surface area contributed by atoms with Gasteiger partial charge in [-0.3, -0.25) is 4.79 Å². The largest absolute Gasteiger partial charge is 0.506 e. The fourth-order valence-corrected chi connectivity index (χ4v) is 2.35. The summed E-state index contributed by atoms with van der Waals surface area (Å²) in [6, 6.07) is 4.54. The van der Waals surface area contributed by atoms with E-state index in [9.17, 15) is 9.90 Å². The van der Waals surface area contributed by atoms with Gasteiger partial charge in [-0.1, -0.05) is 0 Å². The van der Waals surface area contributed by atoms with E-state index in [0.717, 1.165) is 12.8 Å². The van der Waals surface area contributed by atoms with E-state index in [1.165, 1.54) is 12.1 Å². The van der Waals surface area contributed by atoms with Gasteiger partial charge in [0, 0.05) is 16.9 Å². The second kappa shape index (κ2) is 4.49. The standard InChI is InChI=1S/C12H16N2O2S/c1-17-12(4-5-12)7-14-11(16)8-2-3-9(13)10(15)6-8/h2-3,6,15H,4-5,7,13H2,1H3,(H,14,16). The van der Waals surface area contributed by atoms with Crippen molar-refractivity contribution in [2.45, 2.75) is 17.6 Å². The summed E-state index contributed by atoms with van der Waals surface area (Å²) >= 11 is 1.80. The van der Waals surface area contributed by atoms with Crippen LogP contribution in [-0.2, 0) is 0 Å². The fraction of sp³-hybridized carbons (Fsp3) is 0.417. The Labute approximate surface area is 105 Å². The quantitative estimate of drug-likeness (QED) is 0.562. The van der Waals surface area contributed by atoms with Crippen LogP contribution in [0.2, 0.25) is 0 Å². The van der Waals surface area contributed by atoms with Crippen LogP contribution in [0.25, 0.3) is 0 Å². The normalized spacial score (nSPS) is 16.5. The molecule has 4 nitrogen and oxygen atoms in total. The van der Waals surface area contributed by atoms with Crippen LogP contribution in [0, 0.1) is 0 Å². The molecule has 1 aliphatic rings. The SMILES string of the molecule is CSC1(CNC(=O)c2ccc(N)c(O)c2)CC1. The van der Waals surface area contributed by atoms with Crippen LogP contribution in [0.15, 0.2) is 18.2 Å². The number of nitrogens with two attached hydrogens (primary N) is 1. The van der Waals surface area contributed by atoms with Gasteiger partial charge < -0.3 is 16.2 Å². The van der Waals surface area contributed by atoms with Crippen LogP contribution in [0.4, 0.5) is 5.69 Å². The average molecular weight is 252 g/mol. The van der Waals surface area contributed by atoms with Crippen molar-refractivity contribution in [1.29, 1.82) is 0 Å². The summed E-state index contributed by atoms with van der Waals surface area (Å²) in [5.74, 6) is -0.218. The summed E-state index contributed by atoms with van der Waals surface area (Å²) in [6.07, 6.45) is 4.37. The molecule has 0 aromatic heterocycles. The molecule has 0 atom stereocenters. The molecule has 92 valence electrons. The number of nitrogens with one attached hydrogen (secondary N) is 1. The van der Waals surface area contributed by atoms with E-state index in [2.05, 4.69) is 11.6 Å². The molecular weight excluding hydrogens is 236 g/mol.